The lowest BCUT2D eigenvalue weighted by Crippen LogP contribution is -2.30. The van der Waals surface area contributed by atoms with Crippen LogP contribution in [0.1, 0.15) is 24.4 Å². The van der Waals surface area contributed by atoms with E-state index in [1.165, 1.54) is 6.07 Å². The van der Waals surface area contributed by atoms with E-state index in [0.29, 0.717) is 17.6 Å². The molecular formula is C19H18F2N4O2. The van der Waals surface area contributed by atoms with Gasteiger partial charge in [0.05, 0.1) is 5.52 Å². The van der Waals surface area contributed by atoms with Crippen LogP contribution in [0.5, 0.6) is 0 Å². The normalized spacial score (nSPS) is 13.6. The molecule has 2 aromatic heterocycles. The number of carbonyl (C=O) groups is 1. The van der Waals surface area contributed by atoms with Crippen molar-refractivity contribution < 1.29 is 13.6 Å². The molecule has 8 heteroatoms. The van der Waals surface area contributed by atoms with Crippen molar-refractivity contribution in [2.24, 2.45) is 0 Å². The summed E-state index contributed by atoms with van der Waals surface area (Å²) in [7, 11) is 0. The van der Waals surface area contributed by atoms with Crippen LogP contribution >= 0.6 is 0 Å². The second-order valence-corrected chi connectivity index (χ2v) is 6.72. The van der Waals surface area contributed by atoms with Crippen LogP contribution in [0, 0.1) is 18.6 Å². The number of fused-ring (bicyclic) bond motifs is 2. The summed E-state index contributed by atoms with van der Waals surface area (Å²) in [6.45, 7) is 2.31. The topological polar surface area (TPSA) is 68.9 Å². The number of nitrogens with zero attached hydrogens (tertiary/aromatic N) is 3. The van der Waals surface area contributed by atoms with Crippen molar-refractivity contribution in [3.63, 3.8) is 0 Å². The number of rotatable bonds is 3. The van der Waals surface area contributed by atoms with Crippen LogP contribution in [0.25, 0.3) is 11.0 Å². The fourth-order valence-electron chi connectivity index (χ4n) is 3.51. The van der Waals surface area contributed by atoms with E-state index < -0.39 is 17.5 Å². The van der Waals surface area contributed by atoms with Gasteiger partial charge in [-0.15, -0.1) is 0 Å². The summed E-state index contributed by atoms with van der Waals surface area (Å²) in [6.07, 6.45) is 2.71. The van der Waals surface area contributed by atoms with Gasteiger partial charge in [0.15, 0.2) is 11.6 Å². The molecule has 3 aromatic rings. The Morgan fingerprint density at radius 2 is 2.04 bits per heavy atom. The van der Waals surface area contributed by atoms with Gasteiger partial charge in [-0.25, -0.2) is 13.8 Å². The SMILES string of the molecule is Cc1cc2nc3n(c(=O)c2n1CC(=O)Nc1ccc(F)c(F)c1)CCCC3. The molecule has 0 aliphatic carbocycles. The second kappa shape index (κ2) is 6.61. The summed E-state index contributed by atoms with van der Waals surface area (Å²) in [5.41, 5.74) is 1.70. The number of amides is 1. The third-order valence-electron chi connectivity index (χ3n) is 4.83. The number of carbonyl (C=O) groups excluding carboxylic acids is 1. The highest BCUT2D eigenvalue weighted by Crippen LogP contribution is 2.19. The number of aromatic nitrogens is 3. The van der Waals surface area contributed by atoms with Crippen LogP contribution in [0.15, 0.2) is 29.1 Å². The average molecular weight is 372 g/mol. The summed E-state index contributed by atoms with van der Waals surface area (Å²) in [5.74, 6) is -1.68. The lowest BCUT2D eigenvalue weighted by Gasteiger charge is -2.17. The van der Waals surface area contributed by atoms with Gasteiger partial charge in [-0.3, -0.25) is 14.2 Å². The average Bonchev–Trinajstić information content (AvgIpc) is 2.94. The molecule has 1 N–H and O–H groups in total. The molecule has 1 aromatic carbocycles. The fourth-order valence-corrected chi connectivity index (χ4v) is 3.51. The van der Waals surface area contributed by atoms with Crippen molar-refractivity contribution in [1.29, 1.82) is 0 Å². The van der Waals surface area contributed by atoms with Gasteiger partial charge in [-0.05, 0) is 38.0 Å². The Morgan fingerprint density at radius 1 is 1.22 bits per heavy atom. The first-order valence-corrected chi connectivity index (χ1v) is 8.78. The molecule has 140 valence electrons. The fraction of sp³-hybridized carbons (Fsp3) is 0.316. The maximum atomic E-state index is 13.3. The minimum absolute atomic E-state index is 0.120. The molecule has 27 heavy (non-hydrogen) atoms. The van der Waals surface area contributed by atoms with Crippen molar-refractivity contribution >= 4 is 22.6 Å². The Bertz CT molecular complexity index is 1120. The van der Waals surface area contributed by atoms with Gasteiger partial charge < -0.3 is 9.88 Å². The molecule has 1 aliphatic heterocycles. The summed E-state index contributed by atoms with van der Waals surface area (Å²) in [6, 6.07) is 4.94. The van der Waals surface area contributed by atoms with Gasteiger partial charge in [0.2, 0.25) is 5.91 Å². The highest BCUT2D eigenvalue weighted by atomic mass is 19.2. The van der Waals surface area contributed by atoms with Gasteiger partial charge in [0, 0.05) is 30.4 Å². The Hall–Kier alpha value is -3.03. The zero-order chi connectivity index (χ0) is 19.1. The van der Waals surface area contributed by atoms with Crippen molar-refractivity contribution in [2.45, 2.75) is 39.3 Å². The second-order valence-electron chi connectivity index (χ2n) is 6.72. The summed E-state index contributed by atoms with van der Waals surface area (Å²) in [4.78, 5) is 29.9. The van der Waals surface area contributed by atoms with E-state index in [1.54, 1.807) is 22.1 Å². The number of hydrogen-bond acceptors (Lipinski definition) is 3. The van der Waals surface area contributed by atoms with Crippen LogP contribution in [0.4, 0.5) is 14.5 Å². The smallest absolute Gasteiger partial charge is 0.278 e. The molecule has 0 atom stereocenters. The standard InChI is InChI=1S/C19H18F2N4O2/c1-11-8-15-18(19(27)24-7-3-2-4-16(24)23-15)25(11)10-17(26)22-12-5-6-13(20)14(21)9-12/h5-6,8-9H,2-4,7,10H2,1H3,(H,22,26). The third-order valence-corrected chi connectivity index (χ3v) is 4.83. The van der Waals surface area contributed by atoms with Gasteiger partial charge in [-0.1, -0.05) is 0 Å². The highest BCUT2D eigenvalue weighted by molar-refractivity contribution is 5.91. The Balaban J connectivity index is 1.67. The van der Waals surface area contributed by atoms with Crippen molar-refractivity contribution in [3.8, 4) is 0 Å². The minimum atomic E-state index is -1.04. The van der Waals surface area contributed by atoms with Gasteiger partial charge in [-0.2, -0.15) is 0 Å². The molecule has 0 radical (unpaired) electrons. The first kappa shape index (κ1) is 17.4. The van der Waals surface area contributed by atoms with Gasteiger partial charge >= 0.3 is 0 Å². The lowest BCUT2D eigenvalue weighted by molar-refractivity contribution is -0.116. The number of halogens is 2. The van der Waals surface area contributed by atoms with E-state index in [2.05, 4.69) is 10.3 Å². The molecule has 0 saturated carbocycles. The maximum absolute atomic E-state index is 13.3. The van der Waals surface area contributed by atoms with Crippen molar-refractivity contribution in [3.05, 3.63) is 57.8 Å². The Labute approximate surface area is 153 Å². The molecule has 0 fully saturated rings. The molecule has 1 aliphatic rings. The summed E-state index contributed by atoms with van der Waals surface area (Å²) < 4.78 is 29.6. The van der Waals surface area contributed by atoms with Gasteiger partial charge in [0.25, 0.3) is 5.56 Å². The molecule has 0 bridgehead atoms. The van der Waals surface area contributed by atoms with Crippen LogP contribution in [-0.4, -0.2) is 20.0 Å². The Morgan fingerprint density at radius 3 is 2.81 bits per heavy atom. The number of benzene rings is 1. The van der Waals surface area contributed by atoms with E-state index >= 15 is 0 Å². The predicted molar refractivity (Wildman–Crippen MR) is 96.7 cm³/mol. The number of aryl methyl sites for hydroxylation is 2. The lowest BCUT2D eigenvalue weighted by atomic mass is 10.1. The zero-order valence-electron chi connectivity index (χ0n) is 14.8. The molecule has 1 amide bonds. The quantitative estimate of drug-likeness (QED) is 0.769. The molecule has 0 saturated heterocycles. The van der Waals surface area contributed by atoms with Crippen LogP contribution < -0.4 is 10.9 Å². The van der Waals surface area contributed by atoms with Crippen LogP contribution in [0.2, 0.25) is 0 Å². The first-order valence-electron chi connectivity index (χ1n) is 8.78. The molecule has 0 unspecified atom stereocenters. The predicted octanol–water partition coefficient (Wildman–Crippen LogP) is 2.76. The van der Waals surface area contributed by atoms with E-state index in [4.69, 9.17) is 0 Å². The van der Waals surface area contributed by atoms with Crippen LogP contribution in [0.3, 0.4) is 0 Å². The third kappa shape index (κ3) is 3.11. The zero-order valence-corrected chi connectivity index (χ0v) is 14.8. The highest BCUT2D eigenvalue weighted by Gasteiger charge is 2.20. The number of anilines is 1. The largest absolute Gasteiger partial charge is 0.330 e. The van der Waals surface area contributed by atoms with E-state index in [1.807, 2.05) is 0 Å². The molecule has 6 nitrogen and oxygen atoms in total. The van der Waals surface area contributed by atoms with Crippen LogP contribution in [-0.2, 0) is 24.3 Å². The van der Waals surface area contributed by atoms with Crippen molar-refractivity contribution in [2.75, 3.05) is 5.32 Å². The monoisotopic (exact) mass is 372 g/mol. The van der Waals surface area contributed by atoms with Crippen molar-refractivity contribution in [1.82, 2.24) is 14.1 Å². The summed E-state index contributed by atoms with van der Waals surface area (Å²) in [5, 5.41) is 2.53. The molecular weight excluding hydrogens is 354 g/mol. The minimum Gasteiger partial charge on any atom is -0.330 e. The summed E-state index contributed by atoms with van der Waals surface area (Å²) >= 11 is 0. The van der Waals surface area contributed by atoms with E-state index in [-0.39, 0.29) is 17.8 Å². The molecule has 0 spiro atoms. The number of nitrogens with one attached hydrogen (secondary N) is 1. The molecule has 3 heterocycles. The molecule has 4 rings (SSSR count). The first-order chi connectivity index (χ1) is 12.9. The van der Waals surface area contributed by atoms with Gasteiger partial charge in [0.1, 0.15) is 17.9 Å². The Kier molecular flexibility index (Phi) is 4.25. The number of hydrogen-bond donors (Lipinski definition) is 1. The maximum Gasteiger partial charge on any atom is 0.278 e. The van der Waals surface area contributed by atoms with E-state index in [9.17, 15) is 18.4 Å². The van der Waals surface area contributed by atoms with E-state index in [0.717, 1.165) is 42.9 Å².